The van der Waals surface area contributed by atoms with Gasteiger partial charge in [0.05, 0.1) is 6.10 Å². The van der Waals surface area contributed by atoms with E-state index in [1.165, 1.54) is 10.9 Å². The van der Waals surface area contributed by atoms with Crippen molar-refractivity contribution in [1.29, 1.82) is 0 Å². The third kappa shape index (κ3) is 2.60. The Balaban J connectivity index is 1.70. The highest BCUT2D eigenvalue weighted by Crippen LogP contribution is 2.27. The standard InChI is InChI=1S/C17H23NO2/c1-2-16-14(13-7-3-4-9-17(13)20-16)11-18-10-12-6-5-8-15(12)19/h3-4,7,9,12,15,18-19H,2,5-6,8,10-11H2,1H3. The smallest absolute Gasteiger partial charge is 0.134 e. The maximum atomic E-state index is 9.86. The summed E-state index contributed by atoms with van der Waals surface area (Å²) in [5, 5.41) is 14.6. The number of aliphatic hydroxyl groups is 1. The number of aryl methyl sites for hydroxylation is 1. The lowest BCUT2D eigenvalue weighted by Gasteiger charge is -2.15. The van der Waals surface area contributed by atoms with Gasteiger partial charge in [0.1, 0.15) is 11.3 Å². The molecule has 2 N–H and O–H groups in total. The maximum absolute atomic E-state index is 9.86. The molecular weight excluding hydrogens is 250 g/mol. The molecule has 1 fully saturated rings. The Morgan fingerprint density at radius 3 is 2.90 bits per heavy atom. The molecule has 0 spiro atoms. The Bertz CT molecular complexity index is 575. The van der Waals surface area contributed by atoms with E-state index in [2.05, 4.69) is 24.4 Å². The minimum absolute atomic E-state index is 0.116. The summed E-state index contributed by atoms with van der Waals surface area (Å²) < 4.78 is 5.90. The Morgan fingerprint density at radius 1 is 1.30 bits per heavy atom. The Kier molecular flexibility index (Phi) is 4.08. The van der Waals surface area contributed by atoms with Gasteiger partial charge in [-0.05, 0) is 24.8 Å². The van der Waals surface area contributed by atoms with Crippen LogP contribution in [0.4, 0.5) is 0 Å². The van der Waals surface area contributed by atoms with Gasteiger partial charge >= 0.3 is 0 Å². The second-order valence-electron chi connectivity index (χ2n) is 5.74. The van der Waals surface area contributed by atoms with Crippen LogP contribution in [0.2, 0.25) is 0 Å². The third-order valence-corrected chi connectivity index (χ3v) is 4.43. The first-order chi connectivity index (χ1) is 9.79. The van der Waals surface area contributed by atoms with E-state index in [0.29, 0.717) is 5.92 Å². The van der Waals surface area contributed by atoms with Crippen LogP contribution in [0.25, 0.3) is 11.0 Å². The van der Waals surface area contributed by atoms with Crippen molar-refractivity contribution < 1.29 is 9.52 Å². The molecule has 3 heteroatoms. The lowest BCUT2D eigenvalue weighted by Crippen LogP contribution is -2.27. The summed E-state index contributed by atoms with van der Waals surface area (Å²) in [4.78, 5) is 0. The number of furan rings is 1. The minimum atomic E-state index is -0.116. The number of nitrogens with one attached hydrogen (secondary N) is 1. The molecule has 1 saturated carbocycles. The molecular formula is C17H23NO2. The lowest BCUT2D eigenvalue weighted by atomic mass is 10.1. The van der Waals surface area contributed by atoms with Crippen LogP contribution < -0.4 is 5.32 Å². The predicted molar refractivity (Wildman–Crippen MR) is 80.6 cm³/mol. The summed E-state index contributed by atoms with van der Waals surface area (Å²) in [5.41, 5.74) is 2.25. The van der Waals surface area contributed by atoms with E-state index in [1.54, 1.807) is 0 Å². The number of fused-ring (bicyclic) bond motifs is 1. The number of para-hydroxylation sites is 1. The molecule has 0 amide bonds. The molecule has 2 atom stereocenters. The number of rotatable bonds is 5. The molecule has 1 aliphatic carbocycles. The van der Waals surface area contributed by atoms with Gasteiger partial charge in [0.2, 0.25) is 0 Å². The zero-order valence-electron chi connectivity index (χ0n) is 12.1. The fourth-order valence-electron chi connectivity index (χ4n) is 3.27. The van der Waals surface area contributed by atoms with E-state index in [1.807, 2.05) is 12.1 Å². The summed E-state index contributed by atoms with van der Waals surface area (Å²) in [6, 6.07) is 8.22. The van der Waals surface area contributed by atoms with Crippen LogP contribution in [0, 0.1) is 5.92 Å². The van der Waals surface area contributed by atoms with Crippen molar-refractivity contribution in [2.45, 2.75) is 45.3 Å². The third-order valence-electron chi connectivity index (χ3n) is 4.43. The number of hydrogen-bond donors (Lipinski definition) is 2. The molecule has 2 aromatic rings. The van der Waals surface area contributed by atoms with Crippen LogP contribution >= 0.6 is 0 Å². The van der Waals surface area contributed by atoms with Crippen molar-refractivity contribution in [2.24, 2.45) is 5.92 Å². The Labute approximate surface area is 120 Å². The summed E-state index contributed by atoms with van der Waals surface area (Å²) in [5.74, 6) is 1.49. The molecule has 3 rings (SSSR count). The molecule has 1 aromatic heterocycles. The maximum Gasteiger partial charge on any atom is 0.134 e. The van der Waals surface area contributed by atoms with Crippen LogP contribution in [-0.2, 0) is 13.0 Å². The number of aliphatic hydroxyl groups excluding tert-OH is 1. The quantitative estimate of drug-likeness (QED) is 0.879. The van der Waals surface area contributed by atoms with Crippen molar-refractivity contribution in [1.82, 2.24) is 5.32 Å². The topological polar surface area (TPSA) is 45.4 Å². The largest absolute Gasteiger partial charge is 0.461 e. The van der Waals surface area contributed by atoms with Crippen LogP contribution in [0.5, 0.6) is 0 Å². The fourth-order valence-corrected chi connectivity index (χ4v) is 3.27. The highest BCUT2D eigenvalue weighted by atomic mass is 16.3. The average molecular weight is 273 g/mol. The summed E-state index contributed by atoms with van der Waals surface area (Å²) >= 11 is 0. The molecule has 2 unspecified atom stereocenters. The molecule has 1 aromatic carbocycles. The van der Waals surface area contributed by atoms with Crippen LogP contribution in [-0.4, -0.2) is 17.8 Å². The van der Waals surface area contributed by atoms with Gasteiger partial charge in [0, 0.05) is 30.5 Å². The zero-order chi connectivity index (χ0) is 13.9. The van der Waals surface area contributed by atoms with E-state index in [9.17, 15) is 5.11 Å². The monoisotopic (exact) mass is 273 g/mol. The number of benzene rings is 1. The van der Waals surface area contributed by atoms with Crippen molar-refractivity contribution in [3.05, 3.63) is 35.6 Å². The summed E-state index contributed by atoms with van der Waals surface area (Å²) in [6.07, 6.45) is 4.05. The average Bonchev–Trinajstić information content (AvgIpc) is 3.03. The van der Waals surface area contributed by atoms with E-state index >= 15 is 0 Å². The van der Waals surface area contributed by atoms with Gasteiger partial charge in [0.25, 0.3) is 0 Å². The molecule has 0 bridgehead atoms. The van der Waals surface area contributed by atoms with Crippen molar-refractivity contribution in [2.75, 3.05) is 6.54 Å². The van der Waals surface area contributed by atoms with Gasteiger partial charge in [-0.2, -0.15) is 0 Å². The first kappa shape index (κ1) is 13.7. The molecule has 3 nitrogen and oxygen atoms in total. The summed E-state index contributed by atoms with van der Waals surface area (Å²) in [7, 11) is 0. The first-order valence-corrected chi connectivity index (χ1v) is 7.67. The van der Waals surface area contributed by atoms with Gasteiger partial charge in [-0.1, -0.05) is 31.5 Å². The predicted octanol–water partition coefficient (Wildman–Crippen LogP) is 3.25. The molecule has 20 heavy (non-hydrogen) atoms. The zero-order valence-corrected chi connectivity index (χ0v) is 12.1. The highest BCUT2D eigenvalue weighted by Gasteiger charge is 2.24. The van der Waals surface area contributed by atoms with Gasteiger partial charge in [-0.25, -0.2) is 0 Å². The van der Waals surface area contributed by atoms with E-state index < -0.39 is 0 Å². The van der Waals surface area contributed by atoms with Gasteiger partial charge in [-0.15, -0.1) is 0 Å². The van der Waals surface area contributed by atoms with Crippen molar-refractivity contribution >= 4 is 11.0 Å². The van der Waals surface area contributed by atoms with Gasteiger partial charge in [0.15, 0.2) is 0 Å². The van der Waals surface area contributed by atoms with E-state index in [4.69, 9.17) is 4.42 Å². The normalized spacial score (nSPS) is 22.7. The Hall–Kier alpha value is -1.32. The molecule has 108 valence electrons. The second-order valence-corrected chi connectivity index (χ2v) is 5.74. The van der Waals surface area contributed by atoms with Crippen molar-refractivity contribution in [3.63, 3.8) is 0 Å². The molecule has 0 radical (unpaired) electrons. The second kappa shape index (κ2) is 5.98. The molecule has 1 aliphatic rings. The van der Waals surface area contributed by atoms with Gasteiger partial charge in [-0.3, -0.25) is 0 Å². The molecule has 0 saturated heterocycles. The summed E-state index contributed by atoms with van der Waals surface area (Å²) in [6.45, 7) is 3.84. The minimum Gasteiger partial charge on any atom is -0.461 e. The van der Waals surface area contributed by atoms with E-state index in [-0.39, 0.29) is 6.10 Å². The highest BCUT2D eigenvalue weighted by molar-refractivity contribution is 5.82. The Morgan fingerprint density at radius 2 is 2.15 bits per heavy atom. The van der Waals surface area contributed by atoms with E-state index in [0.717, 1.165) is 50.1 Å². The van der Waals surface area contributed by atoms with Crippen LogP contribution in [0.3, 0.4) is 0 Å². The SMILES string of the molecule is CCc1oc2ccccc2c1CNCC1CCCC1O. The van der Waals surface area contributed by atoms with Crippen LogP contribution in [0.1, 0.15) is 37.5 Å². The van der Waals surface area contributed by atoms with Crippen LogP contribution in [0.15, 0.2) is 28.7 Å². The molecule has 0 aliphatic heterocycles. The van der Waals surface area contributed by atoms with Crippen molar-refractivity contribution in [3.8, 4) is 0 Å². The fraction of sp³-hybridized carbons (Fsp3) is 0.529. The molecule has 1 heterocycles. The van der Waals surface area contributed by atoms with Gasteiger partial charge < -0.3 is 14.8 Å². The lowest BCUT2D eigenvalue weighted by molar-refractivity contribution is 0.131. The number of hydrogen-bond acceptors (Lipinski definition) is 3. The first-order valence-electron chi connectivity index (χ1n) is 7.67.